The summed E-state index contributed by atoms with van der Waals surface area (Å²) >= 11 is 1.50. The number of nitrogens with one attached hydrogen (secondary N) is 1. The number of fused-ring (bicyclic) bond motifs is 1. The standard InChI is InChI=1S/C38H37N2O4PS.BrH/c1-37(2,3)44-36(43)38(39-33(41)24-28-16-8-4-9-17-28)34(42)40-25-29(27-46-35(38)40)26-45(30-18-10-5-11-19-30,31-20-12-6-13-21-31)32-22-14-7-15-23-32;/h4-23,25,35H,24,26-27H2,1-3H3;1H/t35-,38?;/m0./s1. The van der Waals surface area contributed by atoms with Crippen LogP contribution in [0.15, 0.2) is 133 Å². The van der Waals surface area contributed by atoms with E-state index in [0.29, 0.717) is 5.75 Å². The van der Waals surface area contributed by atoms with Crippen molar-refractivity contribution in [3.63, 3.8) is 0 Å². The smallest absolute Gasteiger partial charge is 0.345 e. The molecule has 0 aliphatic carbocycles. The third kappa shape index (κ3) is 6.83. The molecule has 242 valence electrons. The van der Waals surface area contributed by atoms with E-state index in [1.54, 1.807) is 25.7 Å². The molecule has 2 aliphatic heterocycles. The quantitative estimate of drug-likeness (QED) is 0.124. The Balaban J connectivity index is 0.00000433. The van der Waals surface area contributed by atoms with Gasteiger partial charge < -0.3 is 31.9 Å². The van der Waals surface area contributed by atoms with E-state index >= 15 is 0 Å². The lowest BCUT2D eigenvalue weighted by Crippen LogP contribution is -3.00. The highest BCUT2D eigenvalue weighted by Crippen LogP contribution is 2.58. The second-order valence-electron chi connectivity index (χ2n) is 12.7. The molecule has 1 N–H and O–H groups in total. The van der Waals surface area contributed by atoms with Crippen LogP contribution in [0.5, 0.6) is 0 Å². The lowest BCUT2D eigenvalue weighted by Gasteiger charge is -2.54. The maximum absolute atomic E-state index is 14.1. The first kappa shape index (κ1) is 34.6. The lowest BCUT2D eigenvalue weighted by molar-refractivity contribution is -0.180. The molecule has 6 rings (SSSR count). The van der Waals surface area contributed by atoms with E-state index in [9.17, 15) is 14.4 Å². The van der Waals surface area contributed by atoms with Gasteiger partial charge in [-0.25, -0.2) is 4.79 Å². The number of hydrogen-bond donors (Lipinski definition) is 1. The minimum absolute atomic E-state index is 0. The van der Waals surface area contributed by atoms with Gasteiger partial charge in [-0.2, -0.15) is 0 Å². The number of carbonyl (C=O) groups excluding carboxylic acids is 3. The van der Waals surface area contributed by atoms with Gasteiger partial charge in [-0.1, -0.05) is 84.9 Å². The molecule has 0 saturated carbocycles. The molecule has 1 saturated heterocycles. The van der Waals surface area contributed by atoms with Crippen LogP contribution >= 0.6 is 19.0 Å². The Hall–Kier alpha value is -3.71. The molecule has 4 aromatic rings. The first-order valence-electron chi connectivity index (χ1n) is 15.4. The van der Waals surface area contributed by atoms with E-state index in [-0.39, 0.29) is 23.4 Å². The van der Waals surface area contributed by atoms with Crippen molar-refractivity contribution >= 4 is 52.7 Å². The van der Waals surface area contributed by atoms with Crippen LogP contribution in [0, 0.1) is 0 Å². The molecule has 0 bridgehead atoms. The van der Waals surface area contributed by atoms with Gasteiger partial charge in [0.25, 0.3) is 5.91 Å². The number of benzene rings is 4. The summed E-state index contributed by atoms with van der Waals surface area (Å²) in [4.78, 5) is 42.8. The second kappa shape index (κ2) is 14.2. The largest absolute Gasteiger partial charge is 1.00 e. The zero-order valence-electron chi connectivity index (χ0n) is 26.6. The van der Waals surface area contributed by atoms with E-state index in [2.05, 4.69) is 78.1 Å². The van der Waals surface area contributed by atoms with Crippen molar-refractivity contribution in [3.05, 3.63) is 139 Å². The van der Waals surface area contributed by atoms with E-state index in [4.69, 9.17) is 4.74 Å². The number of nitrogens with zero attached hydrogens (tertiary/aromatic N) is 1. The molecule has 2 aliphatic rings. The second-order valence-corrected chi connectivity index (χ2v) is 17.2. The van der Waals surface area contributed by atoms with E-state index < -0.39 is 41.6 Å². The van der Waals surface area contributed by atoms with Crippen LogP contribution in [0.4, 0.5) is 0 Å². The molecule has 0 radical (unpaired) electrons. The van der Waals surface area contributed by atoms with Gasteiger partial charge >= 0.3 is 5.97 Å². The van der Waals surface area contributed by atoms with Gasteiger partial charge in [0.2, 0.25) is 11.4 Å². The number of rotatable bonds is 9. The first-order chi connectivity index (χ1) is 22.1. The number of halogens is 1. The van der Waals surface area contributed by atoms with Gasteiger partial charge in [-0.15, -0.1) is 11.8 Å². The molecule has 2 heterocycles. The normalized spacial score (nSPS) is 19.0. The zero-order chi connectivity index (χ0) is 32.4. The molecule has 47 heavy (non-hydrogen) atoms. The molecule has 0 aromatic heterocycles. The van der Waals surface area contributed by atoms with E-state index in [1.165, 1.54) is 27.7 Å². The predicted octanol–water partition coefficient (Wildman–Crippen LogP) is 2.22. The summed E-state index contributed by atoms with van der Waals surface area (Å²) in [7, 11) is -2.19. The van der Waals surface area contributed by atoms with Gasteiger partial charge in [0.1, 0.15) is 34.2 Å². The minimum Gasteiger partial charge on any atom is -1.00 e. The fourth-order valence-corrected chi connectivity index (χ4v) is 12.0. The van der Waals surface area contributed by atoms with Crippen LogP contribution in [0.25, 0.3) is 0 Å². The highest BCUT2D eigenvalue weighted by molar-refractivity contribution is 8.00. The Morgan fingerprint density at radius 2 is 1.30 bits per heavy atom. The lowest BCUT2D eigenvalue weighted by atomic mass is 9.86. The number of amides is 2. The van der Waals surface area contributed by atoms with E-state index in [0.717, 1.165) is 17.3 Å². The maximum Gasteiger partial charge on any atom is 0.345 e. The number of carbonyl (C=O) groups is 3. The number of hydrogen-bond acceptors (Lipinski definition) is 5. The highest BCUT2D eigenvalue weighted by atomic mass is 79.9. The van der Waals surface area contributed by atoms with Crippen molar-refractivity contribution in [1.82, 2.24) is 10.2 Å². The molecular weight excluding hydrogens is 691 g/mol. The van der Waals surface area contributed by atoms with Gasteiger partial charge in [-0.3, -0.25) is 9.59 Å². The fourth-order valence-electron chi connectivity index (χ4n) is 6.23. The van der Waals surface area contributed by atoms with Crippen LogP contribution in [-0.2, 0) is 25.5 Å². The average molecular weight is 730 g/mol. The SMILES string of the molecule is CC(C)(C)OC(=O)C1(NC(=O)Cc2ccccc2)C(=O)N2C=C(C[P+](c3ccccc3)(c3ccccc3)c3ccccc3)CS[C@H]21.[Br-]. The first-order valence-corrected chi connectivity index (χ1v) is 18.4. The molecular formula is C38H38BrN2O4PS. The number of thioether (sulfide) groups is 1. The topological polar surface area (TPSA) is 75.7 Å². The van der Waals surface area contributed by atoms with Crippen LogP contribution in [-0.4, -0.2) is 51.1 Å². The fraction of sp³-hybridized carbons (Fsp3) is 0.237. The molecule has 1 unspecified atom stereocenters. The Morgan fingerprint density at radius 3 is 1.77 bits per heavy atom. The Labute approximate surface area is 292 Å². The predicted molar refractivity (Wildman–Crippen MR) is 188 cm³/mol. The highest BCUT2D eigenvalue weighted by Gasteiger charge is 2.69. The van der Waals surface area contributed by atoms with Crippen molar-refractivity contribution in [1.29, 1.82) is 0 Å². The Bertz CT molecular complexity index is 1650. The summed E-state index contributed by atoms with van der Waals surface area (Å²) in [5.74, 6) is -0.998. The van der Waals surface area contributed by atoms with Gasteiger partial charge in [0.05, 0.1) is 12.6 Å². The van der Waals surface area contributed by atoms with Crippen molar-refractivity contribution in [2.45, 2.75) is 43.7 Å². The monoisotopic (exact) mass is 728 g/mol. The summed E-state index contributed by atoms with van der Waals surface area (Å²) in [6, 6.07) is 41.1. The number of ether oxygens (including phenoxy) is 1. The van der Waals surface area contributed by atoms with Crippen molar-refractivity contribution in [3.8, 4) is 0 Å². The van der Waals surface area contributed by atoms with Crippen LogP contribution < -0.4 is 38.2 Å². The maximum atomic E-state index is 14.1. The summed E-state index contributed by atoms with van der Waals surface area (Å²) in [6.45, 7) is 5.28. The van der Waals surface area contributed by atoms with E-state index in [1.807, 2.05) is 54.7 Å². The molecule has 0 spiro atoms. The van der Waals surface area contributed by atoms with Crippen LogP contribution in [0.2, 0.25) is 0 Å². The molecule has 4 aromatic carbocycles. The van der Waals surface area contributed by atoms with Crippen molar-refractivity contribution in [2.75, 3.05) is 11.9 Å². The third-order valence-electron chi connectivity index (χ3n) is 8.24. The number of β-lactam (4-membered cyclic amide) rings is 1. The Morgan fingerprint density at radius 1 is 0.830 bits per heavy atom. The summed E-state index contributed by atoms with van der Waals surface area (Å²) < 4.78 is 5.77. The minimum atomic E-state index is -2.19. The molecule has 1 fully saturated rings. The summed E-state index contributed by atoms with van der Waals surface area (Å²) in [6.07, 6.45) is 2.70. The summed E-state index contributed by atoms with van der Waals surface area (Å²) in [5.41, 5.74) is -0.728. The molecule has 2 atom stereocenters. The van der Waals surface area contributed by atoms with Gasteiger partial charge in [0, 0.05) is 12.0 Å². The van der Waals surface area contributed by atoms with Gasteiger partial charge in [-0.05, 0) is 68.3 Å². The average Bonchev–Trinajstić information content (AvgIpc) is 3.06. The number of esters is 1. The Kier molecular flexibility index (Phi) is 10.4. The molecule has 6 nitrogen and oxygen atoms in total. The molecule has 9 heteroatoms. The van der Waals surface area contributed by atoms with Crippen molar-refractivity contribution < 1.29 is 36.1 Å². The van der Waals surface area contributed by atoms with Gasteiger partial charge in [0.15, 0.2) is 0 Å². The molecule has 2 amide bonds. The van der Waals surface area contributed by atoms with Crippen LogP contribution in [0.1, 0.15) is 26.3 Å². The zero-order valence-corrected chi connectivity index (χ0v) is 29.9. The van der Waals surface area contributed by atoms with Crippen molar-refractivity contribution in [2.24, 2.45) is 0 Å². The third-order valence-corrected chi connectivity index (χ3v) is 14.1. The van der Waals surface area contributed by atoms with Crippen LogP contribution in [0.3, 0.4) is 0 Å². The summed E-state index contributed by atoms with van der Waals surface area (Å²) in [5, 5.41) is 6.00.